The summed E-state index contributed by atoms with van der Waals surface area (Å²) in [7, 11) is 1.28. The van der Waals surface area contributed by atoms with Crippen LogP contribution >= 0.6 is 23.2 Å². The van der Waals surface area contributed by atoms with E-state index in [0.717, 1.165) is 5.56 Å². The molecule has 0 saturated heterocycles. The summed E-state index contributed by atoms with van der Waals surface area (Å²) in [5.74, 6) is -1.81. The van der Waals surface area contributed by atoms with Crippen molar-refractivity contribution in [2.75, 3.05) is 13.8 Å². The van der Waals surface area contributed by atoms with Crippen LogP contribution in [0.25, 0.3) is 0 Å². The van der Waals surface area contributed by atoms with Crippen molar-refractivity contribution in [3.63, 3.8) is 0 Å². The van der Waals surface area contributed by atoms with E-state index in [1.165, 1.54) is 7.11 Å². The van der Waals surface area contributed by atoms with Crippen molar-refractivity contribution in [1.82, 2.24) is 0 Å². The summed E-state index contributed by atoms with van der Waals surface area (Å²) < 4.78 is 32.5. The number of aryl methyl sites for hydroxylation is 1. The molecule has 0 amide bonds. The van der Waals surface area contributed by atoms with Gasteiger partial charge in [-0.25, -0.2) is 4.39 Å². The number of ether oxygens (including phenoxy) is 1. The molecule has 2 aromatic carbocycles. The molecule has 8 heteroatoms. The van der Waals surface area contributed by atoms with Gasteiger partial charge in [0.1, 0.15) is 5.71 Å². The zero-order valence-electron chi connectivity index (χ0n) is 14.0. The summed E-state index contributed by atoms with van der Waals surface area (Å²) in [6.45, 7) is 0.879. The summed E-state index contributed by atoms with van der Waals surface area (Å²) in [5, 5.41) is 3.52. The van der Waals surface area contributed by atoms with Gasteiger partial charge in [0.15, 0.2) is 11.6 Å². The number of hydrogen-bond donors (Lipinski definition) is 0. The Balaban J connectivity index is 2.11. The van der Waals surface area contributed by atoms with Gasteiger partial charge in [-0.15, -0.1) is 0 Å². The molecule has 0 unspecified atom stereocenters. The second kappa shape index (κ2) is 7.74. The lowest BCUT2D eigenvalue weighted by atomic mass is 10.0. The molecule has 4 nitrogen and oxygen atoms in total. The maximum Gasteiger partial charge on any atom is 0.319 e. The van der Waals surface area contributed by atoms with Gasteiger partial charge in [-0.3, -0.25) is 0 Å². The van der Waals surface area contributed by atoms with E-state index in [-0.39, 0.29) is 5.71 Å². The predicted molar refractivity (Wildman–Crippen MR) is 101 cm³/mol. The molecule has 138 valence electrons. The van der Waals surface area contributed by atoms with Gasteiger partial charge >= 0.3 is 5.79 Å². The van der Waals surface area contributed by atoms with E-state index >= 15 is 0 Å². The fourth-order valence-corrected chi connectivity index (χ4v) is 4.88. The van der Waals surface area contributed by atoms with Crippen LogP contribution in [-0.4, -0.2) is 35.1 Å². The average molecular weight is 416 g/mol. The lowest BCUT2D eigenvalue weighted by molar-refractivity contribution is -0.211. The quantitative estimate of drug-likeness (QED) is 0.674. The molecule has 1 heterocycles. The fourth-order valence-electron chi connectivity index (χ4n) is 2.72. The standard InChI is InChI=1S/C18H16Cl2FNO3S/c1-11-6-8-12(9-7-11)26(23)17-16(22-25-18(17,10-21)24-2)15-13(19)4-3-5-14(15)20/h3-9,17H,10H2,1-2H3/t17-,18+,26-/m0/s1. The highest BCUT2D eigenvalue weighted by molar-refractivity contribution is 7.93. The molecule has 26 heavy (non-hydrogen) atoms. The zero-order valence-corrected chi connectivity index (χ0v) is 16.4. The van der Waals surface area contributed by atoms with E-state index in [2.05, 4.69) is 5.16 Å². The minimum absolute atomic E-state index is 0.194. The van der Waals surface area contributed by atoms with Gasteiger partial charge < -0.3 is 14.1 Å². The lowest BCUT2D eigenvalue weighted by Gasteiger charge is -2.30. The van der Waals surface area contributed by atoms with Gasteiger partial charge in [0.2, 0.25) is 5.25 Å². The van der Waals surface area contributed by atoms with Crippen LogP contribution in [0.5, 0.6) is 0 Å². The highest BCUT2D eigenvalue weighted by atomic mass is 35.5. The SMILES string of the molecule is CO[C@]1(CF)ON=C(c2c(Cl)cccc2Cl)[C@@H]1[S@@+]([O-])c1ccc(C)cc1. The molecule has 0 aromatic heterocycles. The highest BCUT2D eigenvalue weighted by Crippen LogP contribution is 2.39. The number of rotatable bonds is 5. The topological polar surface area (TPSA) is 53.9 Å². The van der Waals surface area contributed by atoms with Gasteiger partial charge in [-0.05, 0) is 31.2 Å². The van der Waals surface area contributed by atoms with E-state index < -0.39 is 28.9 Å². The molecule has 1 aliphatic heterocycles. The first-order chi connectivity index (χ1) is 12.4. The first-order valence-corrected chi connectivity index (χ1v) is 9.69. The first-order valence-electron chi connectivity index (χ1n) is 7.72. The molecule has 0 saturated carbocycles. The number of nitrogens with zero attached hydrogens (tertiary/aromatic N) is 1. The Morgan fingerprint density at radius 2 is 1.85 bits per heavy atom. The summed E-state index contributed by atoms with van der Waals surface area (Å²) >= 11 is 10.8. The minimum atomic E-state index is -1.81. The summed E-state index contributed by atoms with van der Waals surface area (Å²) in [6.07, 6.45) is 0. The fraction of sp³-hybridized carbons (Fsp3) is 0.278. The summed E-state index contributed by atoms with van der Waals surface area (Å²) in [4.78, 5) is 5.77. The van der Waals surface area contributed by atoms with Crippen LogP contribution in [0.1, 0.15) is 11.1 Å². The van der Waals surface area contributed by atoms with Crippen molar-refractivity contribution in [1.29, 1.82) is 0 Å². The summed E-state index contributed by atoms with van der Waals surface area (Å²) in [6, 6.07) is 12.0. The van der Waals surface area contributed by atoms with Crippen molar-refractivity contribution < 1.29 is 18.5 Å². The summed E-state index contributed by atoms with van der Waals surface area (Å²) in [5.41, 5.74) is 1.56. The third kappa shape index (κ3) is 3.32. The lowest BCUT2D eigenvalue weighted by Crippen LogP contribution is -2.52. The molecular formula is C18H16Cl2FNO3S. The second-order valence-electron chi connectivity index (χ2n) is 5.80. The molecule has 3 atom stereocenters. The Bertz CT molecular complexity index is 807. The van der Waals surface area contributed by atoms with E-state index in [4.69, 9.17) is 32.8 Å². The minimum Gasteiger partial charge on any atom is -0.611 e. The number of oxime groups is 1. The smallest absolute Gasteiger partial charge is 0.319 e. The number of halogens is 3. The largest absolute Gasteiger partial charge is 0.611 e. The van der Waals surface area contributed by atoms with E-state index in [1.54, 1.807) is 30.3 Å². The van der Waals surface area contributed by atoms with Gasteiger partial charge in [0, 0.05) is 23.8 Å². The molecule has 0 aliphatic carbocycles. The molecule has 2 aromatic rings. The maximum atomic E-state index is 13.9. The molecular weight excluding hydrogens is 400 g/mol. The Kier molecular flexibility index (Phi) is 5.79. The average Bonchev–Trinajstić information content (AvgIpc) is 3.01. The van der Waals surface area contributed by atoms with Crippen LogP contribution in [0.15, 0.2) is 52.5 Å². The van der Waals surface area contributed by atoms with E-state index in [9.17, 15) is 8.94 Å². The molecule has 0 N–H and O–H groups in total. The molecule has 3 rings (SSSR count). The van der Waals surface area contributed by atoms with Crippen LogP contribution in [0.2, 0.25) is 10.0 Å². The van der Waals surface area contributed by atoms with E-state index in [0.29, 0.717) is 20.5 Å². The van der Waals surface area contributed by atoms with Crippen molar-refractivity contribution in [3.05, 3.63) is 63.6 Å². The van der Waals surface area contributed by atoms with Crippen molar-refractivity contribution in [3.8, 4) is 0 Å². The van der Waals surface area contributed by atoms with Gasteiger partial charge in [0.05, 0.1) is 10.0 Å². The van der Waals surface area contributed by atoms with Crippen molar-refractivity contribution >= 4 is 40.1 Å². The van der Waals surface area contributed by atoms with Crippen molar-refractivity contribution in [2.45, 2.75) is 22.9 Å². The number of alkyl halides is 1. The van der Waals surface area contributed by atoms with Crippen LogP contribution in [0.4, 0.5) is 4.39 Å². The van der Waals surface area contributed by atoms with Crippen LogP contribution in [0.3, 0.4) is 0 Å². The zero-order chi connectivity index (χ0) is 18.9. The first kappa shape index (κ1) is 19.5. The second-order valence-corrected chi connectivity index (χ2v) is 8.16. The number of benzene rings is 2. The predicted octanol–water partition coefficient (Wildman–Crippen LogP) is 4.52. The van der Waals surface area contributed by atoms with Gasteiger partial charge in [0.25, 0.3) is 0 Å². The molecule has 0 radical (unpaired) electrons. The molecule has 0 fully saturated rings. The Morgan fingerprint density at radius 3 is 2.38 bits per heavy atom. The third-order valence-electron chi connectivity index (χ3n) is 4.16. The van der Waals surface area contributed by atoms with Crippen molar-refractivity contribution in [2.24, 2.45) is 5.16 Å². The third-order valence-corrected chi connectivity index (χ3v) is 6.54. The van der Waals surface area contributed by atoms with Crippen LogP contribution < -0.4 is 0 Å². The van der Waals surface area contributed by atoms with Gasteiger partial charge in [-0.1, -0.05) is 52.1 Å². The monoisotopic (exact) mass is 415 g/mol. The molecule has 0 bridgehead atoms. The number of methoxy groups -OCH3 is 1. The van der Waals surface area contributed by atoms with Gasteiger partial charge in [-0.2, -0.15) is 0 Å². The normalized spacial score (nSPS) is 23.5. The maximum absolute atomic E-state index is 13.9. The highest BCUT2D eigenvalue weighted by Gasteiger charge is 2.59. The van der Waals surface area contributed by atoms with E-state index in [1.807, 2.05) is 19.1 Å². The Hall–Kier alpha value is -1.31. The Morgan fingerprint density at radius 1 is 1.23 bits per heavy atom. The molecule has 0 spiro atoms. The molecule has 1 aliphatic rings. The van der Waals surface area contributed by atoms with Crippen LogP contribution in [-0.2, 0) is 20.8 Å². The number of hydrogen-bond acceptors (Lipinski definition) is 4. The van der Waals surface area contributed by atoms with Crippen LogP contribution in [0, 0.1) is 6.92 Å². The Labute approximate surface area is 164 Å².